The maximum absolute atomic E-state index is 14.0. The number of rotatable bonds is 9. The standard InChI is InChI=1S/C37H31F2N3O/c38-31-16-12-26(13-17-31)35(41-22-24-8-10-28(11-9-24)37(40)43)36(27-14-18-32(39)19-15-27)42-23-25-4-3-6-30-21-29-5-1-2-7-33(29)34(30)20-25/h1-20,25,41-42H,21-23H2,(H2,40,43)/b36-35-. The van der Waals surface area contributed by atoms with Crippen molar-refractivity contribution in [2.24, 2.45) is 11.7 Å². The van der Waals surface area contributed by atoms with Crippen LogP contribution >= 0.6 is 0 Å². The Kier molecular flexibility index (Phi) is 8.01. The van der Waals surface area contributed by atoms with Gasteiger partial charge >= 0.3 is 0 Å². The van der Waals surface area contributed by atoms with Crippen LogP contribution in [-0.2, 0) is 13.0 Å². The molecule has 1 amide bonds. The van der Waals surface area contributed by atoms with Crippen LogP contribution < -0.4 is 16.4 Å². The molecule has 0 bridgehead atoms. The number of benzene rings is 4. The predicted octanol–water partition coefficient (Wildman–Crippen LogP) is 7.02. The average Bonchev–Trinajstić information content (AvgIpc) is 3.23. The quantitative estimate of drug-likeness (QED) is 0.189. The fourth-order valence-electron chi connectivity index (χ4n) is 5.57. The first-order valence-corrected chi connectivity index (χ1v) is 14.2. The van der Waals surface area contributed by atoms with Crippen LogP contribution in [0.2, 0.25) is 0 Å². The fraction of sp³-hybridized carbons (Fsp3) is 0.108. The van der Waals surface area contributed by atoms with E-state index in [0.29, 0.717) is 18.7 Å². The number of primary amides is 1. The van der Waals surface area contributed by atoms with Gasteiger partial charge in [0.05, 0.1) is 11.4 Å². The van der Waals surface area contributed by atoms with Crippen molar-refractivity contribution in [3.63, 3.8) is 0 Å². The maximum Gasteiger partial charge on any atom is 0.248 e. The van der Waals surface area contributed by atoms with Gasteiger partial charge in [-0.3, -0.25) is 4.79 Å². The summed E-state index contributed by atoms with van der Waals surface area (Å²) in [4.78, 5) is 11.5. The SMILES string of the molecule is NC(=O)c1ccc(CN/C(=C(\NCC2C=CC=C3Cc4ccccc4C3=C2)c2ccc(F)cc2)c2ccc(F)cc2)cc1. The molecule has 43 heavy (non-hydrogen) atoms. The Morgan fingerprint density at radius 3 is 2.02 bits per heavy atom. The van der Waals surface area contributed by atoms with E-state index in [4.69, 9.17) is 5.73 Å². The first kappa shape index (κ1) is 27.9. The molecular weight excluding hydrogens is 540 g/mol. The molecule has 0 aromatic heterocycles. The van der Waals surface area contributed by atoms with Crippen LogP contribution in [0.3, 0.4) is 0 Å². The number of hydrogen-bond acceptors (Lipinski definition) is 3. The number of carbonyl (C=O) groups is 1. The van der Waals surface area contributed by atoms with Crippen molar-refractivity contribution in [1.29, 1.82) is 0 Å². The largest absolute Gasteiger partial charge is 0.382 e. The van der Waals surface area contributed by atoms with E-state index in [-0.39, 0.29) is 17.6 Å². The highest BCUT2D eigenvalue weighted by Gasteiger charge is 2.23. The Hall–Kier alpha value is -5.23. The van der Waals surface area contributed by atoms with Gasteiger partial charge in [-0.15, -0.1) is 0 Å². The monoisotopic (exact) mass is 571 g/mol. The van der Waals surface area contributed by atoms with Gasteiger partial charge in [-0.25, -0.2) is 8.78 Å². The van der Waals surface area contributed by atoms with Crippen molar-refractivity contribution in [2.45, 2.75) is 13.0 Å². The molecule has 2 aliphatic rings. The Bertz CT molecular complexity index is 1770. The van der Waals surface area contributed by atoms with Crippen molar-refractivity contribution >= 4 is 22.9 Å². The minimum Gasteiger partial charge on any atom is -0.382 e. The van der Waals surface area contributed by atoms with E-state index in [9.17, 15) is 13.6 Å². The Labute approximate surface area is 250 Å². The molecule has 6 rings (SSSR count). The first-order chi connectivity index (χ1) is 20.9. The van der Waals surface area contributed by atoms with Crippen LogP contribution in [-0.4, -0.2) is 12.5 Å². The van der Waals surface area contributed by atoms with Gasteiger partial charge in [-0.1, -0.05) is 60.7 Å². The van der Waals surface area contributed by atoms with Gasteiger partial charge in [0.1, 0.15) is 11.6 Å². The molecular formula is C37H31F2N3O. The van der Waals surface area contributed by atoms with Crippen LogP contribution in [0, 0.1) is 17.6 Å². The molecule has 4 N–H and O–H groups in total. The van der Waals surface area contributed by atoms with Gasteiger partial charge in [0, 0.05) is 24.6 Å². The molecule has 2 aliphatic carbocycles. The van der Waals surface area contributed by atoms with Crippen molar-refractivity contribution < 1.29 is 13.6 Å². The van der Waals surface area contributed by atoms with Crippen LogP contribution in [0.1, 0.15) is 38.2 Å². The number of nitrogens with one attached hydrogen (secondary N) is 2. The summed E-state index contributed by atoms with van der Waals surface area (Å²) >= 11 is 0. The van der Waals surface area contributed by atoms with Crippen molar-refractivity contribution in [3.05, 3.63) is 172 Å². The molecule has 4 aromatic carbocycles. The van der Waals surface area contributed by atoms with E-state index < -0.39 is 5.91 Å². The third-order valence-electron chi connectivity index (χ3n) is 7.81. The number of nitrogens with two attached hydrogens (primary N) is 1. The summed E-state index contributed by atoms with van der Waals surface area (Å²) in [6.45, 7) is 1.01. The zero-order valence-corrected chi connectivity index (χ0v) is 23.5. The molecule has 6 heteroatoms. The lowest BCUT2D eigenvalue weighted by atomic mass is 9.99. The smallest absolute Gasteiger partial charge is 0.248 e. The minimum absolute atomic E-state index is 0.0844. The molecule has 4 aromatic rings. The molecule has 0 radical (unpaired) electrons. The van der Waals surface area contributed by atoms with Crippen LogP contribution in [0.25, 0.3) is 17.0 Å². The normalized spacial score (nSPS) is 15.8. The number of carbonyl (C=O) groups excluding carboxylic acids is 1. The number of fused-ring (bicyclic) bond motifs is 3. The van der Waals surface area contributed by atoms with Gasteiger partial charge < -0.3 is 16.4 Å². The summed E-state index contributed by atoms with van der Waals surface area (Å²) < 4.78 is 28.0. The third-order valence-corrected chi connectivity index (χ3v) is 7.81. The van der Waals surface area contributed by atoms with E-state index >= 15 is 0 Å². The number of allylic oxidation sites excluding steroid dienone is 4. The van der Waals surface area contributed by atoms with Gasteiger partial charge in [-0.2, -0.15) is 0 Å². The number of hydrogen-bond donors (Lipinski definition) is 3. The summed E-state index contributed by atoms with van der Waals surface area (Å²) in [5, 5.41) is 7.18. The lowest BCUT2D eigenvalue weighted by Crippen LogP contribution is -2.25. The predicted molar refractivity (Wildman–Crippen MR) is 168 cm³/mol. The van der Waals surface area contributed by atoms with Gasteiger partial charge in [0.25, 0.3) is 0 Å². The Balaban J connectivity index is 1.35. The molecule has 1 unspecified atom stereocenters. The molecule has 0 heterocycles. The van der Waals surface area contributed by atoms with Crippen LogP contribution in [0.4, 0.5) is 8.78 Å². The van der Waals surface area contributed by atoms with Gasteiger partial charge in [0.2, 0.25) is 5.91 Å². The zero-order valence-electron chi connectivity index (χ0n) is 23.5. The second kappa shape index (κ2) is 12.3. The van der Waals surface area contributed by atoms with Crippen molar-refractivity contribution in [2.75, 3.05) is 6.54 Å². The summed E-state index contributed by atoms with van der Waals surface area (Å²) in [6.07, 6.45) is 9.72. The van der Waals surface area contributed by atoms with Crippen LogP contribution in [0.15, 0.2) is 127 Å². The Morgan fingerprint density at radius 1 is 0.767 bits per heavy atom. The summed E-state index contributed by atoms with van der Waals surface area (Å²) in [6, 6.07) is 28.2. The highest BCUT2D eigenvalue weighted by atomic mass is 19.1. The van der Waals surface area contributed by atoms with Gasteiger partial charge in [-0.05, 0) is 106 Å². The molecule has 0 saturated carbocycles. The Morgan fingerprint density at radius 2 is 1.37 bits per heavy atom. The lowest BCUT2D eigenvalue weighted by Gasteiger charge is -2.22. The van der Waals surface area contributed by atoms with Crippen molar-refractivity contribution in [1.82, 2.24) is 10.6 Å². The molecule has 1 atom stereocenters. The fourth-order valence-corrected chi connectivity index (χ4v) is 5.57. The number of halogens is 2. The van der Waals surface area contributed by atoms with E-state index in [2.05, 4.69) is 59.2 Å². The summed E-state index contributed by atoms with van der Waals surface area (Å²) in [5.41, 5.74) is 15.0. The molecule has 0 fully saturated rings. The lowest BCUT2D eigenvalue weighted by molar-refractivity contribution is 0.1000. The average molecular weight is 572 g/mol. The minimum atomic E-state index is -0.486. The van der Waals surface area contributed by atoms with E-state index in [0.717, 1.165) is 34.5 Å². The second-order valence-electron chi connectivity index (χ2n) is 10.7. The molecule has 0 aliphatic heterocycles. The van der Waals surface area contributed by atoms with Crippen LogP contribution in [0.5, 0.6) is 0 Å². The second-order valence-corrected chi connectivity index (χ2v) is 10.7. The highest BCUT2D eigenvalue weighted by Crippen LogP contribution is 2.38. The van der Waals surface area contributed by atoms with Gasteiger partial charge in [0.15, 0.2) is 0 Å². The highest BCUT2D eigenvalue weighted by molar-refractivity contribution is 5.93. The van der Waals surface area contributed by atoms with E-state index in [1.807, 2.05) is 12.1 Å². The molecule has 0 spiro atoms. The molecule has 214 valence electrons. The maximum atomic E-state index is 14.0. The van der Waals surface area contributed by atoms with E-state index in [1.54, 1.807) is 36.4 Å². The topological polar surface area (TPSA) is 67.2 Å². The molecule has 4 nitrogen and oxygen atoms in total. The summed E-state index contributed by atoms with van der Waals surface area (Å²) in [5.74, 6) is -1.07. The molecule has 0 saturated heterocycles. The first-order valence-electron chi connectivity index (χ1n) is 14.2. The number of amides is 1. The zero-order chi connectivity index (χ0) is 29.8. The van der Waals surface area contributed by atoms with E-state index in [1.165, 1.54) is 46.5 Å². The summed E-state index contributed by atoms with van der Waals surface area (Å²) in [7, 11) is 0. The third kappa shape index (κ3) is 6.33. The van der Waals surface area contributed by atoms with Crippen molar-refractivity contribution in [3.8, 4) is 0 Å².